The predicted octanol–water partition coefficient (Wildman–Crippen LogP) is 3.94. The van der Waals surface area contributed by atoms with Crippen LogP contribution < -0.4 is 10.1 Å². The van der Waals surface area contributed by atoms with Crippen LogP contribution in [-0.4, -0.2) is 18.6 Å². The van der Waals surface area contributed by atoms with E-state index in [-0.39, 0.29) is 12.4 Å². The number of unbranched alkanes of at least 4 members (excludes halogenated alkanes) is 1. The summed E-state index contributed by atoms with van der Waals surface area (Å²) < 4.78 is 6.82. The second-order valence-electron chi connectivity index (χ2n) is 3.60. The van der Waals surface area contributed by atoms with Crippen LogP contribution in [0, 0.1) is 0 Å². The number of ether oxygens (including phenoxy) is 1. The highest BCUT2D eigenvalue weighted by Gasteiger charge is 2.03. The van der Waals surface area contributed by atoms with Crippen LogP contribution in [0.25, 0.3) is 10.2 Å². The van der Waals surface area contributed by atoms with E-state index in [0.717, 1.165) is 35.8 Å². The van der Waals surface area contributed by atoms with Gasteiger partial charge in [-0.15, -0.1) is 12.4 Å². The fourth-order valence-electron chi connectivity index (χ4n) is 1.44. The summed E-state index contributed by atoms with van der Waals surface area (Å²) >= 11 is 1.65. The fraction of sp³-hybridized carbons (Fsp3) is 0.417. The third-order valence-corrected chi connectivity index (χ3v) is 3.38. The molecule has 0 radical (unpaired) electrons. The van der Waals surface area contributed by atoms with E-state index in [4.69, 9.17) is 4.74 Å². The Bertz CT molecular complexity index is 472. The second-order valence-corrected chi connectivity index (χ2v) is 4.63. The molecule has 3 nitrogen and oxygen atoms in total. The summed E-state index contributed by atoms with van der Waals surface area (Å²) in [6.07, 6.45) is 2.26. The average molecular weight is 273 g/mol. The van der Waals surface area contributed by atoms with Crippen LogP contribution in [0.5, 0.6) is 5.75 Å². The largest absolute Gasteiger partial charge is 0.494 e. The molecule has 17 heavy (non-hydrogen) atoms. The molecule has 0 aliphatic heterocycles. The standard InChI is InChI=1S/C12H16N2OS.ClH/c1-3-4-7-15-9-5-6-10-11(8-9)16-12(13-2)14-10;/h5-6,8H,3-4,7H2,1-2H3,(H,13,14);1H. The number of thiazole rings is 1. The van der Waals surface area contributed by atoms with Crippen molar-refractivity contribution in [3.8, 4) is 5.75 Å². The van der Waals surface area contributed by atoms with Gasteiger partial charge in [-0.25, -0.2) is 4.98 Å². The van der Waals surface area contributed by atoms with E-state index in [2.05, 4.69) is 23.3 Å². The molecule has 0 spiro atoms. The van der Waals surface area contributed by atoms with Gasteiger partial charge in [-0.1, -0.05) is 24.7 Å². The van der Waals surface area contributed by atoms with E-state index in [9.17, 15) is 0 Å². The van der Waals surface area contributed by atoms with Crippen LogP contribution in [0.1, 0.15) is 19.8 Å². The lowest BCUT2D eigenvalue weighted by molar-refractivity contribution is 0.310. The molecular formula is C12H17ClN2OS. The Kier molecular flexibility index (Phi) is 5.51. The highest BCUT2D eigenvalue weighted by Crippen LogP contribution is 2.28. The van der Waals surface area contributed by atoms with Gasteiger partial charge in [0.25, 0.3) is 0 Å². The van der Waals surface area contributed by atoms with Crippen LogP contribution in [0.3, 0.4) is 0 Å². The van der Waals surface area contributed by atoms with E-state index in [1.807, 2.05) is 19.2 Å². The normalized spacial score (nSPS) is 10.0. The molecule has 2 aromatic rings. The number of nitrogens with zero attached hydrogens (tertiary/aromatic N) is 1. The first-order valence-corrected chi connectivity index (χ1v) is 6.36. The summed E-state index contributed by atoms with van der Waals surface area (Å²) in [6, 6.07) is 6.05. The van der Waals surface area contributed by atoms with Gasteiger partial charge in [0.1, 0.15) is 5.75 Å². The van der Waals surface area contributed by atoms with E-state index >= 15 is 0 Å². The Labute approximate surface area is 112 Å². The molecule has 0 atom stereocenters. The van der Waals surface area contributed by atoms with Crippen molar-refractivity contribution in [1.82, 2.24) is 4.98 Å². The van der Waals surface area contributed by atoms with Crippen molar-refractivity contribution < 1.29 is 4.74 Å². The zero-order valence-corrected chi connectivity index (χ0v) is 11.7. The molecule has 0 aliphatic carbocycles. The van der Waals surface area contributed by atoms with Crippen molar-refractivity contribution in [3.63, 3.8) is 0 Å². The van der Waals surface area contributed by atoms with Crippen molar-refractivity contribution in [2.75, 3.05) is 19.0 Å². The number of fused-ring (bicyclic) bond motifs is 1. The number of hydrogen-bond donors (Lipinski definition) is 1. The Balaban J connectivity index is 0.00000144. The molecule has 0 amide bonds. The van der Waals surface area contributed by atoms with E-state index in [1.165, 1.54) is 4.70 Å². The molecule has 1 N–H and O–H groups in total. The molecule has 1 aromatic heterocycles. The molecule has 94 valence electrons. The highest BCUT2D eigenvalue weighted by atomic mass is 35.5. The Hall–Kier alpha value is -1.00. The SMILES string of the molecule is CCCCOc1ccc2nc(NC)sc2c1.Cl. The van der Waals surface area contributed by atoms with E-state index < -0.39 is 0 Å². The molecular weight excluding hydrogens is 256 g/mol. The lowest BCUT2D eigenvalue weighted by Crippen LogP contribution is -1.95. The van der Waals surface area contributed by atoms with Crippen molar-refractivity contribution in [2.24, 2.45) is 0 Å². The van der Waals surface area contributed by atoms with Gasteiger partial charge in [-0.3, -0.25) is 0 Å². The van der Waals surface area contributed by atoms with Gasteiger partial charge in [0.05, 0.1) is 16.8 Å². The van der Waals surface area contributed by atoms with Gasteiger partial charge in [0.15, 0.2) is 5.13 Å². The van der Waals surface area contributed by atoms with Gasteiger partial charge in [-0.05, 0) is 24.6 Å². The van der Waals surface area contributed by atoms with E-state index in [0.29, 0.717) is 0 Å². The van der Waals surface area contributed by atoms with Gasteiger partial charge in [0.2, 0.25) is 0 Å². The number of benzene rings is 1. The molecule has 0 saturated carbocycles. The van der Waals surface area contributed by atoms with Gasteiger partial charge in [-0.2, -0.15) is 0 Å². The predicted molar refractivity (Wildman–Crippen MR) is 76.8 cm³/mol. The molecule has 2 rings (SSSR count). The molecule has 1 aromatic carbocycles. The van der Waals surface area contributed by atoms with Crippen LogP contribution in [0.4, 0.5) is 5.13 Å². The van der Waals surface area contributed by atoms with Gasteiger partial charge in [0, 0.05) is 7.05 Å². The molecule has 1 heterocycles. The van der Waals surface area contributed by atoms with Crippen LogP contribution in [0.15, 0.2) is 18.2 Å². The quantitative estimate of drug-likeness (QED) is 0.837. The fourth-order valence-corrected chi connectivity index (χ4v) is 2.28. The molecule has 0 aliphatic rings. The maximum Gasteiger partial charge on any atom is 0.183 e. The Morgan fingerprint density at radius 2 is 2.24 bits per heavy atom. The van der Waals surface area contributed by atoms with Crippen LogP contribution in [-0.2, 0) is 0 Å². The average Bonchev–Trinajstić information content (AvgIpc) is 2.71. The minimum Gasteiger partial charge on any atom is -0.494 e. The molecule has 5 heteroatoms. The number of nitrogens with one attached hydrogen (secondary N) is 1. The van der Waals surface area contributed by atoms with Crippen LogP contribution >= 0.6 is 23.7 Å². The van der Waals surface area contributed by atoms with Crippen molar-refractivity contribution in [2.45, 2.75) is 19.8 Å². The Morgan fingerprint density at radius 3 is 2.94 bits per heavy atom. The number of rotatable bonds is 5. The number of anilines is 1. The first kappa shape index (κ1) is 14.1. The zero-order valence-electron chi connectivity index (χ0n) is 10.0. The first-order valence-electron chi connectivity index (χ1n) is 5.54. The first-order chi connectivity index (χ1) is 7.83. The lowest BCUT2D eigenvalue weighted by atomic mass is 10.3. The summed E-state index contributed by atoms with van der Waals surface area (Å²) in [5.41, 5.74) is 1.03. The van der Waals surface area contributed by atoms with Gasteiger partial charge >= 0.3 is 0 Å². The smallest absolute Gasteiger partial charge is 0.183 e. The number of aromatic nitrogens is 1. The second kappa shape index (κ2) is 6.67. The van der Waals surface area contributed by atoms with Crippen molar-refractivity contribution >= 4 is 39.1 Å². The third-order valence-electron chi connectivity index (χ3n) is 2.34. The maximum absolute atomic E-state index is 5.66. The highest BCUT2D eigenvalue weighted by molar-refractivity contribution is 7.22. The Morgan fingerprint density at radius 1 is 1.41 bits per heavy atom. The number of hydrogen-bond acceptors (Lipinski definition) is 4. The summed E-state index contributed by atoms with van der Waals surface area (Å²) in [7, 11) is 1.89. The lowest BCUT2D eigenvalue weighted by Gasteiger charge is -2.04. The third kappa shape index (κ3) is 3.48. The molecule has 0 fully saturated rings. The molecule has 0 unspecified atom stereocenters. The molecule has 0 bridgehead atoms. The van der Waals surface area contributed by atoms with Crippen molar-refractivity contribution in [1.29, 1.82) is 0 Å². The van der Waals surface area contributed by atoms with Gasteiger partial charge < -0.3 is 10.1 Å². The number of halogens is 1. The maximum atomic E-state index is 5.66. The zero-order chi connectivity index (χ0) is 11.4. The van der Waals surface area contributed by atoms with Crippen molar-refractivity contribution in [3.05, 3.63) is 18.2 Å². The minimum absolute atomic E-state index is 0. The topological polar surface area (TPSA) is 34.1 Å². The van der Waals surface area contributed by atoms with E-state index in [1.54, 1.807) is 11.3 Å². The minimum atomic E-state index is 0. The summed E-state index contributed by atoms with van der Waals surface area (Å²) in [6.45, 7) is 2.95. The summed E-state index contributed by atoms with van der Waals surface area (Å²) in [5, 5.41) is 4.00. The monoisotopic (exact) mass is 272 g/mol. The van der Waals surface area contributed by atoms with Crippen LogP contribution in [0.2, 0.25) is 0 Å². The molecule has 0 saturated heterocycles. The summed E-state index contributed by atoms with van der Waals surface area (Å²) in [5.74, 6) is 0.937. The summed E-state index contributed by atoms with van der Waals surface area (Å²) in [4.78, 5) is 4.42.